The number of halogens is 2. The molecule has 10 nitrogen and oxygen atoms in total. The maximum Gasteiger partial charge on any atom is 0.319 e. The lowest BCUT2D eigenvalue weighted by Gasteiger charge is -2.50. The van der Waals surface area contributed by atoms with E-state index >= 15 is 8.78 Å². The first-order valence-electron chi connectivity index (χ1n) is 18.4. The van der Waals surface area contributed by atoms with Crippen LogP contribution in [0.25, 0.3) is 32.9 Å². The normalized spacial score (nSPS) is 25.7. The second kappa shape index (κ2) is 13.6. The number of hydrogen-bond acceptors (Lipinski definition) is 10. The van der Waals surface area contributed by atoms with E-state index in [1.165, 1.54) is 31.4 Å². The zero-order valence-electron chi connectivity index (χ0n) is 29.8. The molecule has 0 spiro atoms. The van der Waals surface area contributed by atoms with Crippen LogP contribution < -0.4 is 14.4 Å². The number of aromatic hydroxyl groups is 1. The van der Waals surface area contributed by atoms with Gasteiger partial charge in [-0.15, -0.1) is 6.42 Å². The topological polar surface area (TPSA) is 113 Å². The molecule has 0 radical (unpaired) electrons. The fourth-order valence-corrected chi connectivity index (χ4v) is 9.48. The Kier molecular flexibility index (Phi) is 9.08. The van der Waals surface area contributed by atoms with Gasteiger partial charge >= 0.3 is 6.01 Å². The van der Waals surface area contributed by atoms with Crippen molar-refractivity contribution in [3.8, 4) is 41.2 Å². The molecule has 3 aliphatic heterocycles. The molecular weight excluding hydrogens is 668 g/mol. The number of pyridine rings is 1. The van der Waals surface area contributed by atoms with Gasteiger partial charge in [-0.1, -0.05) is 18.4 Å². The molecule has 2 aromatic carbocycles. The van der Waals surface area contributed by atoms with Crippen LogP contribution in [0.1, 0.15) is 70.3 Å². The molecule has 4 fully saturated rings. The van der Waals surface area contributed by atoms with Crippen molar-refractivity contribution < 1.29 is 33.2 Å². The number of phenols is 1. The molecule has 2 aromatic heterocycles. The third-order valence-corrected chi connectivity index (χ3v) is 11.8. The van der Waals surface area contributed by atoms with Crippen LogP contribution >= 0.6 is 0 Å². The summed E-state index contributed by atoms with van der Waals surface area (Å²) < 4.78 is 50.3. The van der Waals surface area contributed by atoms with Crippen LogP contribution in [0, 0.1) is 29.4 Å². The van der Waals surface area contributed by atoms with E-state index in [0.717, 1.165) is 64.7 Å². The number of aliphatic hydroxyl groups is 1. The Morgan fingerprint density at radius 1 is 1.02 bits per heavy atom. The van der Waals surface area contributed by atoms with Crippen LogP contribution in [0.3, 0.4) is 0 Å². The van der Waals surface area contributed by atoms with Gasteiger partial charge in [0, 0.05) is 54.8 Å². The summed E-state index contributed by atoms with van der Waals surface area (Å²) in [5.41, 5.74) is -1.40. The first-order chi connectivity index (χ1) is 25.1. The number of anilines is 1. The quantitative estimate of drug-likeness (QED) is 0.210. The average Bonchev–Trinajstić information content (AvgIpc) is 3.58. The van der Waals surface area contributed by atoms with Crippen molar-refractivity contribution in [1.82, 2.24) is 19.9 Å². The number of nitrogens with zero attached hydrogens (tertiary/aromatic N) is 5. The van der Waals surface area contributed by atoms with Crippen LogP contribution in [-0.2, 0) is 4.74 Å². The van der Waals surface area contributed by atoms with E-state index in [-0.39, 0.29) is 62.7 Å². The molecule has 1 saturated carbocycles. The third kappa shape index (κ3) is 6.06. The zero-order valence-corrected chi connectivity index (χ0v) is 29.8. The van der Waals surface area contributed by atoms with Crippen LogP contribution in [0.2, 0.25) is 0 Å². The largest absolute Gasteiger partial charge is 0.508 e. The molecule has 4 aromatic rings. The first kappa shape index (κ1) is 34.8. The van der Waals surface area contributed by atoms with Crippen molar-refractivity contribution in [3.05, 3.63) is 41.5 Å². The van der Waals surface area contributed by atoms with E-state index in [0.29, 0.717) is 49.3 Å². The van der Waals surface area contributed by atoms with Crippen molar-refractivity contribution in [2.24, 2.45) is 5.41 Å². The minimum Gasteiger partial charge on any atom is -0.508 e. The number of aromatic nitrogens is 3. The minimum atomic E-state index is -1.00. The van der Waals surface area contributed by atoms with Gasteiger partial charge in [0.05, 0.1) is 24.9 Å². The Hall–Kier alpha value is -4.31. The Bertz CT molecular complexity index is 2060. The highest BCUT2D eigenvalue weighted by atomic mass is 19.1. The molecule has 0 unspecified atom stereocenters. The molecular formula is C40H45F2N5O5. The van der Waals surface area contributed by atoms with E-state index in [1.54, 1.807) is 6.92 Å². The van der Waals surface area contributed by atoms with Crippen molar-refractivity contribution in [3.63, 3.8) is 0 Å². The van der Waals surface area contributed by atoms with Gasteiger partial charge < -0.3 is 29.3 Å². The number of fused-ring (bicyclic) bond motifs is 3. The number of methoxy groups -OCH3 is 1. The summed E-state index contributed by atoms with van der Waals surface area (Å²) in [7, 11) is 1.42. The smallest absolute Gasteiger partial charge is 0.319 e. The molecule has 1 aliphatic carbocycles. The second-order valence-electron chi connectivity index (χ2n) is 15.3. The fraction of sp³-hybridized carbons (Fsp3) is 0.525. The number of likely N-dealkylation sites (tertiary alicyclic amines) is 1. The highest BCUT2D eigenvalue weighted by molar-refractivity contribution is 6.04. The number of piperidine rings is 2. The summed E-state index contributed by atoms with van der Waals surface area (Å²) in [5, 5.41) is 22.7. The van der Waals surface area contributed by atoms with Gasteiger partial charge in [0.25, 0.3) is 0 Å². The summed E-state index contributed by atoms with van der Waals surface area (Å²) in [6.07, 6.45) is 14.5. The number of β-amino-alcohol motifs (C(OH)–C–C–N with tert-alkyl or cyclic N) is 1. The SMILES string of the molecule is C#Cc1c(F)ccc2cc(O)cc(-c3nc(OC)c4c(N5CCC[C@@](C)(O)C5)nc(OC[C@]56CCC[C@H]5N(C5CCOCC5)CCC6)nc4c3F)c12. The van der Waals surface area contributed by atoms with Crippen LogP contribution in [0.4, 0.5) is 14.6 Å². The monoisotopic (exact) mass is 713 g/mol. The van der Waals surface area contributed by atoms with Crippen LogP contribution in [0.5, 0.6) is 17.6 Å². The molecule has 0 bridgehead atoms. The standard InChI is InChI=1S/C40H45F2N5O5/c1-4-27-29(41)10-9-24-20-26(48)21-28(31(24)27)34-33(42)35-32(37(43-34)50-3)36(46-16-6-13-39(2,49)22-46)45-38(44-35)52-23-40-14-5-8-30(40)47(17-7-15-40)25-11-18-51-19-12-25/h1,9-10,20-21,25,30,48-49H,5-8,11-19,22-23H2,2-3H3/t30-,39-,40-/m1/s1. The van der Waals surface area contributed by atoms with E-state index in [4.69, 9.17) is 30.6 Å². The number of hydrogen-bond donors (Lipinski definition) is 2. The summed E-state index contributed by atoms with van der Waals surface area (Å²) in [6, 6.07) is 6.33. The molecule has 3 atom stereocenters. The van der Waals surface area contributed by atoms with E-state index in [9.17, 15) is 10.2 Å². The highest BCUT2D eigenvalue weighted by Gasteiger charge is 2.50. The molecule has 0 amide bonds. The van der Waals surface area contributed by atoms with Gasteiger partial charge in [-0.25, -0.2) is 13.8 Å². The molecule has 2 N–H and O–H groups in total. The first-order valence-corrected chi connectivity index (χ1v) is 18.4. The van der Waals surface area contributed by atoms with Gasteiger partial charge in [0.1, 0.15) is 34.0 Å². The van der Waals surface area contributed by atoms with Crippen molar-refractivity contribution in [2.75, 3.05) is 51.5 Å². The summed E-state index contributed by atoms with van der Waals surface area (Å²) >= 11 is 0. The second-order valence-corrected chi connectivity index (χ2v) is 15.3. The van der Waals surface area contributed by atoms with Crippen LogP contribution in [-0.4, -0.2) is 94.3 Å². The van der Waals surface area contributed by atoms with Crippen molar-refractivity contribution >= 4 is 27.5 Å². The van der Waals surface area contributed by atoms with Gasteiger partial charge in [-0.2, -0.15) is 9.97 Å². The molecule has 8 rings (SSSR count). The Balaban J connectivity index is 1.26. The average molecular weight is 714 g/mol. The zero-order chi connectivity index (χ0) is 36.2. The van der Waals surface area contributed by atoms with Crippen molar-refractivity contribution in [1.29, 1.82) is 0 Å². The predicted molar refractivity (Wildman–Crippen MR) is 194 cm³/mol. The highest BCUT2D eigenvalue weighted by Crippen LogP contribution is 2.50. The van der Waals surface area contributed by atoms with Crippen molar-refractivity contribution in [2.45, 2.75) is 82.4 Å². The molecule has 52 heavy (non-hydrogen) atoms. The van der Waals surface area contributed by atoms with Gasteiger partial charge in [0.15, 0.2) is 5.82 Å². The number of benzene rings is 2. The molecule has 4 aliphatic rings. The van der Waals surface area contributed by atoms with Gasteiger partial charge in [-0.3, -0.25) is 4.90 Å². The lowest BCUT2D eigenvalue weighted by atomic mass is 9.74. The lowest BCUT2D eigenvalue weighted by molar-refractivity contribution is -0.0512. The Morgan fingerprint density at radius 3 is 2.58 bits per heavy atom. The minimum absolute atomic E-state index is 0.0187. The third-order valence-electron chi connectivity index (χ3n) is 11.8. The van der Waals surface area contributed by atoms with Gasteiger partial charge in [0.2, 0.25) is 5.88 Å². The Morgan fingerprint density at radius 2 is 1.81 bits per heavy atom. The summed E-state index contributed by atoms with van der Waals surface area (Å²) in [4.78, 5) is 18.8. The number of rotatable bonds is 7. The van der Waals surface area contributed by atoms with E-state index < -0.39 is 17.2 Å². The molecule has 12 heteroatoms. The summed E-state index contributed by atoms with van der Waals surface area (Å²) in [6.45, 7) is 5.62. The number of phenolic OH excluding ortho intramolecular Hbond substituents is 1. The maximum absolute atomic E-state index is 17.2. The predicted octanol–water partition coefficient (Wildman–Crippen LogP) is 6.36. The molecule has 274 valence electrons. The molecule has 5 heterocycles. The summed E-state index contributed by atoms with van der Waals surface area (Å²) in [5.74, 6) is 1.11. The molecule has 3 saturated heterocycles. The number of ether oxygens (including phenoxy) is 3. The fourth-order valence-electron chi connectivity index (χ4n) is 9.48. The van der Waals surface area contributed by atoms with Crippen LogP contribution in [0.15, 0.2) is 24.3 Å². The Labute approximate surface area is 302 Å². The lowest BCUT2D eigenvalue weighted by Crippen LogP contribution is -2.56. The number of terminal acetylenes is 1. The maximum atomic E-state index is 17.2. The van der Waals surface area contributed by atoms with E-state index in [2.05, 4.69) is 15.8 Å². The van der Waals surface area contributed by atoms with Gasteiger partial charge in [-0.05, 0) is 88.4 Å². The van der Waals surface area contributed by atoms with E-state index in [1.807, 2.05) is 4.90 Å².